The second-order valence-corrected chi connectivity index (χ2v) is 4.40. The Morgan fingerprint density at radius 1 is 1.47 bits per heavy atom. The summed E-state index contributed by atoms with van der Waals surface area (Å²) in [6.07, 6.45) is 6.37. The van der Waals surface area contributed by atoms with Crippen LogP contribution in [0, 0.1) is 0 Å². The van der Waals surface area contributed by atoms with Crippen LogP contribution in [0.25, 0.3) is 0 Å². The van der Waals surface area contributed by atoms with Gasteiger partial charge in [-0.2, -0.15) is 0 Å². The summed E-state index contributed by atoms with van der Waals surface area (Å²) in [5.41, 5.74) is 0. The predicted octanol–water partition coefficient (Wildman–Crippen LogP) is 1.96. The van der Waals surface area contributed by atoms with Crippen LogP contribution in [-0.4, -0.2) is 39.0 Å². The topological polar surface area (TPSA) is 30.5 Å². The predicted molar refractivity (Wildman–Crippen MR) is 62.2 cm³/mol. The molecule has 0 aliphatic carbocycles. The van der Waals surface area contributed by atoms with Crippen molar-refractivity contribution in [2.24, 2.45) is 0 Å². The molecule has 1 N–H and O–H groups in total. The molecule has 0 aromatic carbocycles. The van der Waals surface area contributed by atoms with Crippen molar-refractivity contribution in [2.75, 3.05) is 26.9 Å². The van der Waals surface area contributed by atoms with Crippen LogP contribution in [0.3, 0.4) is 0 Å². The lowest BCUT2D eigenvalue weighted by Crippen LogP contribution is -2.25. The summed E-state index contributed by atoms with van der Waals surface area (Å²) in [5.74, 6) is 0. The Morgan fingerprint density at radius 2 is 2.33 bits per heavy atom. The Balaban J connectivity index is 1.87. The fraction of sp³-hybridized carbons (Fsp3) is 1.00. The molecule has 90 valence electrons. The van der Waals surface area contributed by atoms with E-state index in [1.807, 2.05) is 7.05 Å². The van der Waals surface area contributed by atoms with Crippen molar-refractivity contribution < 1.29 is 9.47 Å². The van der Waals surface area contributed by atoms with Gasteiger partial charge in [-0.1, -0.05) is 0 Å². The van der Waals surface area contributed by atoms with Crippen LogP contribution in [0.5, 0.6) is 0 Å². The van der Waals surface area contributed by atoms with Gasteiger partial charge in [0.1, 0.15) is 0 Å². The first kappa shape index (κ1) is 12.9. The van der Waals surface area contributed by atoms with E-state index >= 15 is 0 Å². The van der Waals surface area contributed by atoms with Gasteiger partial charge in [-0.3, -0.25) is 0 Å². The van der Waals surface area contributed by atoms with Crippen molar-refractivity contribution in [1.82, 2.24) is 5.32 Å². The largest absolute Gasteiger partial charge is 0.379 e. The first-order valence-corrected chi connectivity index (χ1v) is 6.19. The summed E-state index contributed by atoms with van der Waals surface area (Å²) in [6, 6.07) is 0.597. The number of rotatable bonds is 7. The molecule has 3 nitrogen and oxygen atoms in total. The van der Waals surface area contributed by atoms with E-state index in [4.69, 9.17) is 9.47 Å². The molecular formula is C12H25NO2. The maximum Gasteiger partial charge on any atom is 0.0808 e. The molecule has 3 heteroatoms. The third-order valence-corrected chi connectivity index (χ3v) is 3.00. The van der Waals surface area contributed by atoms with Gasteiger partial charge in [-0.25, -0.2) is 0 Å². The zero-order chi connectivity index (χ0) is 10.9. The Labute approximate surface area is 93.5 Å². The molecule has 2 atom stereocenters. The molecule has 1 aliphatic rings. The zero-order valence-electron chi connectivity index (χ0n) is 10.1. The van der Waals surface area contributed by atoms with Crippen LogP contribution in [0.4, 0.5) is 0 Å². The molecule has 0 spiro atoms. The lowest BCUT2D eigenvalue weighted by atomic mass is 10.1. The van der Waals surface area contributed by atoms with Crippen LogP contribution >= 0.6 is 0 Å². The molecule has 1 rings (SSSR count). The van der Waals surface area contributed by atoms with E-state index in [0.717, 1.165) is 26.2 Å². The third-order valence-electron chi connectivity index (χ3n) is 3.00. The van der Waals surface area contributed by atoms with Gasteiger partial charge in [0.2, 0.25) is 0 Å². The molecule has 0 bridgehead atoms. The highest BCUT2D eigenvalue weighted by molar-refractivity contribution is 4.62. The van der Waals surface area contributed by atoms with Crippen molar-refractivity contribution >= 4 is 0 Å². The highest BCUT2D eigenvalue weighted by Crippen LogP contribution is 2.12. The van der Waals surface area contributed by atoms with Gasteiger partial charge < -0.3 is 14.8 Å². The lowest BCUT2D eigenvalue weighted by Gasteiger charge is -2.22. The SMILES string of the molecule is CNC(C)CCCOCC1CCCCO1. The molecule has 15 heavy (non-hydrogen) atoms. The number of nitrogens with one attached hydrogen (secondary N) is 1. The highest BCUT2D eigenvalue weighted by atomic mass is 16.5. The summed E-state index contributed by atoms with van der Waals surface area (Å²) in [7, 11) is 2.00. The minimum absolute atomic E-state index is 0.362. The van der Waals surface area contributed by atoms with Crippen LogP contribution in [-0.2, 0) is 9.47 Å². The van der Waals surface area contributed by atoms with Crippen LogP contribution in [0.2, 0.25) is 0 Å². The standard InChI is InChI=1S/C12H25NO2/c1-11(13-2)6-5-8-14-10-12-7-3-4-9-15-12/h11-13H,3-10H2,1-2H3. The van der Waals surface area contributed by atoms with E-state index in [-0.39, 0.29) is 0 Å². The minimum Gasteiger partial charge on any atom is -0.379 e. The van der Waals surface area contributed by atoms with E-state index < -0.39 is 0 Å². The smallest absolute Gasteiger partial charge is 0.0808 e. The molecule has 1 heterocycles. The molecule has 1 saturated heterocycles. The fourth-order valence-electron chi connectivity index (χ4n) is 1.79. The molecule has 1 fully saturated rings. The zero-order valence-corrected chi connectivity index (χ0v) is 10.1. The Bertz CT molecular complexity index is 147. The van der Waals surface area contributed by atoms with E-state index in [1.165, 1.54) is 25.7 Å². The van der Waals surface area contributed by atoms with Crippen LogP contribution in [0.1, 0.15) is 39.0 Å². The van der Waals surface area contributed by atoms with Crippen LogP contribution < -0.4 is 5.32 Å². The molecule has 1 aliphatic heterocycles. The minimum atomic E-state index is 0.362. The van der Waals surface area contributed by atoms with Gasteiger partial charge in [0.25, 0.3) is 0 Å². The average molecular weight is 215 g/mol. The van der Waals surface area contributed by atoms with Crippen LogP contribution in [0.15, 0.2) is 0 Å². The molecular weight excluding hydrogens is 190 g/mol. The van der Waals surface area contributed by atoms with Gasteiger partial charge in [-0.15, -0.1) is 0 Å². The summed E-state index contributed by atoms with van der Waals surface area (Å²) < 4.78 is 11.2. The Morgan fingerprint density at radius 3 is 3.00 bits per heavy atom. The first-order valence-electron chi connectivity index (χ1n) is 6.19. The van der Waals surface area contributed by atoms with E-state index in [0.29, 0.717) is 12.1 Å². The quantitative estimate of drug-likeness (QED) is 0.659. The molecule has 0 amide bonds. The summed E-state index contributed by atoms with van der Waals surface area (Å²) >= 11 is 0. The van der Waals surface area contributed by atoms with E-state index in [9.17, 15) is 0 Å². The molecule has 0 saturated carbocycles. The normalized spacial score (nSPS) is 24.0. The first-order chi connectivity index (χ1) is 7.33. The van der Waals surface area contributed by atoms with Crippen molar-refractivity contribution in [1.29, 1.82) is 0 Å². The number of ether oxygens (including phenoxy) is 2. The third kappa shape index (κ3) is 6.13. The van der Waals surface area contributed by atoms with E-state index in [2.05, 4.69) is 12.2 Å². The Hall–Kier alpha value is -0.120. The van der Waals surface area contributed by atoms with Gasteiger partial charge in [0.05, 0.1) is 12.7 Å². The second kappa shape index (κ2) is 8.08. The monoisotopic (exact) mass is 215 g/mol. The molecule has 0 aromatic rings. The molecule has 0 radical (unpaired) electrons. The summed E-state index contributed by atoms with van der Waals surface area (Å²) in [4.78, 5) is 0. The van der Waals surface area contributed by atoms with E-state index in [1.54, 1.807) is 0 Å². The highest BCUT2D eigenvalue weighted by Gasteiger charge is 2.13. The van der Waals surface area contributed by atoms with Gasteiger partial charge in [0, 0.05) is 19.3 Å². The molecule has 2 unspecified atom stereocenters. The summed E-state index contributed by atoms with van der Waals surface area (Å²) in [6.45, 7) is 4.77. The van der Waals surface area contributed by atoms with Crippen molar-refractivity contribution in [3.63, 3.8) is 0 Å². The fourth-order valence-corrected chi connectivity index (χ4v) is 1.79. The Kier molecular flexibility index (Phi) is 6.98. The summed E-state index contributed by atoms with van der Waals surface area (Å²) in [5, 5.41) is 3.22. The maximum atomic E-state index is 5.62. The van der Waals surface area contributed by atoms with Gasteiger partial charge >= 0.3 is 0 Å². The van der Waals surface area contributed by atoms with Crippen molar-refractivity contribution in [2.45, 2.75) is 51.2 Å². The second-order valence-electron chi connectivity index (χ2n) is 4.40. The average Bonchev–Trinajstić information content (AvgIpc) is 2.29. The maximum absolute atomic E-state index is 5.62. The lowest BCUT2D eigenvalue weighted by molar-refractivity contribution is -0.0412. The van der Waals surface area contributed by atoms with Crippen molar-refractivity contribution in [3.8, 4) is 0 Å². The van der Waals surface area contributed by atoms with Gasteiger partial charge in [0.15, 0.2) is 0 Å². The van der Waals surface area contributed by atoms with Gasteiger partial charge in [-0.05, 0) is 46.1 Å². The molecule has 0 aromatic heterocycles. The number of hydrogen-bond acceptors (Lipinski definition) is 3. The van der Waals surface area contributed by atoms with Crippen molar-refractivity contribution in [3.05, 3.63) is 0 Å². The number of hydrogen-bond donors (Lipinski definition) is 1.